The van der Waals surface area contributed by atoms with Gasteiger partial charge in [0.05, 0.1) is 19.8 Å². The Morgan fingerprint density at radius 2 is 1.17 bits per heavy atom. The van der Waals surface area contributed by atoms with Crippen LogP contribution in [0.2, 0.25) is 0 Å². The summed E-state index contributed by atoms with van der Waals surface area (Å²) in [5.74, 6) is 1.76. The van der Waals surface area contributed by atoms with Gasteiger partial charge in [0.15, 0.2) is 0 Å². The summed E-state index contributed by atoms with van der Waals surface area (Å²) in [6.07, 6.45) is 13.4. The summed E-state index contributed by atoms with van der Waals surface area (Å²) in [5.41, 5.74) is 3.66. The number of anilines is 1. The molecule has 0 bridgehead atoms. The lowest BCUT2D eigenvalue weighted by molar-refractivity contribution is 0.340. The zero-order valence-electron chi connectivity index (χ0n) is 18.0. The molecule has 3 heteroatoms. The van der Waals surface area contributed by atoms with Gasteiger partial charge in [-0.2, -0.15) is 0 Å². The second-order valence-electron chi connectivity index (χ2n) is 8.55. The van der Waals surface area contributed by atoms with Gasteiger partial charge in [0.2, 0.25) is 0 Å². The Hall–Kier alpha value is -2.16. The molecular formula is C26H35NO2. The van der Waals surface area contributed by atoms with Crippen LogP contribution in [0.3, 0.4) is 0 Å². The fourth-order valence-corrected chi connectivity index (χ4v) is 5.44. The van der Waals surface area contributed by atoms with Crippen LogP contribution in [0, 0.1) is 0 Å². The largest absolute Gasteiger partial charge is 0.496 e. The van der Waals surface area contributed by atoms with Gasteiger partial charge in [-0.15, -0.1) is 0 Å². The van der Waals surface area contributed by atoms with E-state index in [-0.39, 0.29) is 0 Å². The summed E-state index contributed by atoms with van der Waals surface area (Å²) in [6, 6.07) is 16.3. The first kappa shape index (κ1) is 20.1. The van der Waals surface area contributed by atoms with Gasteiger partial charge in [-0.1, -0.05) is 62.8 Å². The SMILES string of the molecule is COc1cccc(OC)c1-c1ccccc1N(C1CCCCC1)C1CCCCC1. The molecular weight excluding hydrogens is 358 g/mol. The lowest BCUT2D eigenvalue weighted by atomic mass is 9.87. The van der Waals surface area contributed by atoms with Gasteiger partial charge >= 0.3 is 0 Å². The van der Waals surface area contributed by atoms with Gasteiger partial charge in [0.25, 0.3) is 0 Å². The van der Waals surface area contributed by atoms with Crippen LogP contribution in [-0.4, -0.2) is 26.3 Å². The highest BCUT2D eigenvalue weighted by molar-refractivity contribution is 5.86. The molecule has 0 saturated heterocycles. The van der Waals surface area contributed by atoms with Gasteiger partial charge < -0.3 is 14.4 Å². The van der Waals surface area contributed by atoms with E-state index < -0.39 is 0 Å². The molecule has 2 saturated carbocycles. The van der Waals surface area contributed by atoms with Gasteiger partial charge in [-0.05, 0) is 43.9 Å². The number of benzene rings is 2. The Balaban J connectivity index is 1.83. The lowest BCUT2D eigenvalue weighted by Crippen LogP contribution is -2.45. The fraction of sp³-hybridized carbons (Fsp3) is 0.538. The first-order valence-corrected chi connectivity index (χ1v) is 11.4. The Labute approximate surface area is 176 Å². The van der Waals surface area contributed by atoms with Gasteiger partial charge in [0, 0.05) is 23.3 Å². The fourth-order valence-electron chi connectivity index (χ4n) is 5.44. The number of rotatable bonds is 6. The average molecular weight is 394 g/mol. The third-order valence-electron chi connectivity index (χ3n) is 6.82. The minimum Gasteiger partial charge on any atom is -0.496 e. The maximum absolute atomic E-state index is 5.77. The molecule has 0 amide bonds. The van der Waals surface area contributed by atoms with Crippen LogP contribution in [0.1, 0.15) is 64.2 Å². The first-order valence-electron chi connectivity index (χ1n) is 11.4. The second kappa shape index (κ2) is 9.56. The van der Waals surface area contributed by atoms with Crippen LogP contribution < -0.4 is 14.4 Å². The highest BCUT2D eigenvalue weighted by atomic mass is 16.5. The van der Waals surface area contributed by atoms with Gasteiger partial charge in [-0.25, -0.2) is 0 Å². The first-order chi connectivity index (χ1) is 14.3. The van der Waals surface area contributed by atoms with Crippen LogP contribution in [0.4, 0.5) is 5.69 Å². The van der Waals surface area contributed by atoms with E-state index in [0.717, 1.165) is 17.1 Å². The molecule has 2 aliphatic rings. The van der Waals surface area contributed by atoms with Crippen LogP contribution in [0.15, 0.2) is 42.5 Å². The van der Waals surface area contributed by atoms with Crippen molar-refractivity contribution >= 4 is 5.69 Å². The van der Waals surface area contributed by atoms with E-state index in [4.69, 9.17) is 9.47 Å². The Kier molecular flexibility index (Phi) is 6.63. The zero-order chi connectivity index (χ0) is 20.1. The van der Waals surface area contributed by atoms with Gasteiger partial charge in [0.1, 0.15) is 11.5 Å². The molecule has 0 atom stereocenters. The summed E-state index contributed by atoms with van der Waals surface area (Å²) in [6.45, 7) is 0. The predicted molar refractivity (Wildman–Crippen MR) is 121 cm³/mol. The topological polar surface area (TPSA) is 21.7 Å². The van der Waals surface area contributed by atoms with Crippen molar-refractivity contribution in [3.05, 3.63) is 42.5 Å². The molecule has 0 aliphatic heterocycles. The molecule has 0 unspecified atom stereocenters. The Morgan fingerprint density at radius 1 is 0.655 bits per heavy atom. The maximum Gasteiger partial charge on any atom is 0.130 e. The Bertz CT molecular complexity index is 751. The molecule has 2 fully saturated rings. The van der Waals surface area contributed by atoms with E-state index in [2.05, 4.69) is 29.2 Å². The quantitative estimate of drug-likeness (QED) is 0.536. The number of hydrogen-bond acceptors (Lipinski definition) is 3. The Morgan fingerprint density at radius 3 is 1.69 bits per heavy atom. The van der Waals surface area contributed by atoms with E-state index in [9.17, 15) is 0 Å². The highest BCUT2D eigenvalue weighted by Crippen LogP contribution is 2.45. The van der Waals surface area contributed by atoms with Crippen LogP contribution in [-0.2, 0) is 0 Å². The number of methoxy groups -OCH3 is 2. The molecule has 0 heterocycles. The van der Waals surface area contributed by atoms with E-state index in [1.165, 1.54) is 75.5 Å². The normalized spacial score (nSPS) is 18.4. The highest BCUT2D eigenvalue weighted by Gasteiger charge is 2.31. The second-order valence-corrected chi connectivity index (χ2v) is 8.55. The minimum atomic E-state index is 0.647. The molecule has 4 rings (SSSR count). The van der Waals surface area contributed by atoms with Crippen molar-refractivity contribution < 1.29 is 9.47 Å². The average Bonchev–Trinajstić information content (AvgIpc) is 2.80. The predicted octanol–water partition coefficient (Wildman–Crippen LogP) is 6.84. The van der Waals surface area contributed by atoms with Crippen LogP contribution >= 0.6 is 0 Å². The molecule has 0 aromatic heterocycles. The monoisotopic (exact) mass is 393 g/mol. The third kappa shape index (κ3) is 4.24. The molecule has 156 valence electrons. The molecule has 2 aliphatic carbocycles. The lowest BCUT2D eigenvalue weighted by Gasteiger charge is -2.44. The summed E-state index contributed by atoms with van der Waals surface area (Å²) in [4.78, 5) is 2.81. The maximum atomic E-state index is 5.77. The van der Waals surface area contributed by atoms with Crippen LogP contribution in [0.25, 0.3) is 11.1 Å². The number of nitrogens with zero attached hydrogens (tertiary/aromatic N) is 1. The van der Waals surface area contributed by atoms with Crippen molar-refractivity contribution in [2.45, 2.75) is 76.3 Å². The van der Waals surface area contributed by atoms with Gasteiger partial charge in [-0.3, -0.25) is 0 Å². The molecule has 0 radical (unpaired) electrons. The molecule has 0 N–H and O–H groups in total. The minimum absolute atomic E-state index is 0.647. The standard InChI is InChI=1S/C26H35NO2/c1-28-24-18-11-19-25(29-2)26(24)22-16-9-10-17-23(22)27(20-12-5-3-6-13-20)21-14-7-4-8-15-21/h9-11,16-21H,3-8,12-15H2,1-2H3. The summed E-state index contributed by atoms with van der Waals surface area (Å²) in [5, 5.41) is 0. The molecule has 0 spiro atoms. The zero-order valence-corrected chi connectivity index (χ0v) is 18.0. The summed E-state index contributed by atoms with van der Waals surface area (Å²) < 4.78 is 11.5. The smallest absolute Gasteiger partial charge is 0.130 e. The molecule has 29 heavy (non-hydrogen) atoms. The third-order valence-corrected chi connectivity index (χ3v) is 6.82. The number of para-hydroxylation sites is 1. The molecule has 2 aromatic rings. The van der Waals surface area contributed by atoms with Crippen molar-refractivity contribution in [1.82, 2.24) is 0 Å². The molecule has 3 nitrogen and oxygen atoms in total. The summed E-state index contributed by atoms with van der Waals surface area (Å²) >= 11 is 0. The van der Waals surface area contributed by atoms with E-state index in [1.807, 2.05) is 18.2 Å². The van der Waals surface area contributed by atoms with Crippen molar-refractivity contribution in [1.29, 1.82) is 0 Å². The van der Waals surface area contributed by atoms with Crippen molar-refractivity contribution in [3.63, 3.8) is 0 Å². The van der Waals surface area contributed by atoms with Crippen molar-refractivity contribution in [2.24, 2.45) is 0 Å². The van der Waals surface area contributed by atoms with Crippen LogP contribution in [0.5, 0.6) is 11.5 Å². The van der Waals surface area contributed by atoms with E-state index >= 15 is 0 Å². The summed E-state index contributed by atoms with van der Waals surface area (Å²) in [7, 11) is 3.50. The van der Waals surface area contributed by atoms with E-state index in [0.29, 0.717) is 12.1 Å². The van der Waals surface area contributed by atoms with Crippen molar-refractivity contribution in [2.75, 3.05) is 19.1 Å². The number of ether oxygens (including phenoxy) is 2. The number of hydrogen-bond donors (Lipinski definition) is 0. The van der Waals surface area contributed by atoms with Crippen molar-refractivity contribution in [3.8, 4) is 22.6 Å². The van der Waals surface area contributed by atoms with E-state index in [1.54, 1.807) is 14.2 Å². The molecule has 2 aromatic carbocycles.